The third-order valence-electron chi connectivity index (χ3n) is 4.38. The van der Waals surface area contributed by atoms with E-state index < -0.39 is 0 Å². The highest BCUT2D eigenvalue weighted by Gasteiger charge is 2.20. The number of nitrogens with zero attached hydrogens (tertiary/aromatic N) is 4. The summed E-state index contributed by atoms with van der Waals surface area (Å²) >= 11 is 1.29. The van der Waals surface area contributed by atoms with Crippen LogP contribution < -0.4 is 10.1 Å². The molecule has 8 nitrogen and oxygen atoms in total. The molecule has 0 fully saturated rings. The Bertz CT molecular complexity index is 981. The summed E-state index contributed by atoms with van der Waals surface area (Å²) < 4.78 is 7.51. The van der Waals surface area contributed by atoms with Crippen LogP contribution in [0.5, 0.6) is 5.75 Å². The maximum absolute atomic E-state index is 12.5. The Morgan fingerprint density at radius 2 is 2.07 bits per heavy atom. The molecule has 0 bridgehead atoms. The highest BCUT2D eigenvalue weighted by Crippen LogP contribution is 2.24. The van der Waals surface area contributed by atoms with Crippen LogP contribution in [0.1, 0.15) is 29.7 Å². The van der Waals surface area contributed by atoms with Crippen molar-refractivity contribution in [2.45, 2.75) is 44.7 Å². The number of hydrogen-bond acceptors (Lipinski definition) is 6. The number of aryl methyl sites for hydroxylation is 3. The number of amides is 1. The van der Waals surface area contributed by atoms with Gasteiger partial charge in [0.25, 0.3) is 0 Å². The van der Waals surface area contributed by atoms with Crippen LogP contribution in [-0.2, 0) is 18.4 Å². The summed E-state index contributed by atoms with van der Waals surface area (Å²) in [5.41, 5.74) is 3.51. The lowest BCUT2D eigenvalue weighted by Gasteiger charge is -2.10. The van der Waals surface area contributed by atoms with E-state index in [1.54, 1.807) is 4.68 Å². The second kappa shape index (κ2) is 8.47. The number of aromatic amines is 1. The highest BCUT2D eigenvalue weighted by molar-refractivity contribution is 8.00. The van der Waals surface area contributed by atoms with Crippen molar-refractivity contribution in [3.8, 4) is 5.75 Å². The predicted molar refractivity (Wildman–Crippen MR) is 109 cm³/mol. The monoisotopic (exact) mass is 400 g/mol. The van der Waals surface area contributed by atoms with Gasteiger partial charge in [0.15, 0.2) is 5.82 Å². The van der Waals surface area contributed by atoms with Crippen molar-refractivity contribution in [3.05, 3.63) is 47.0 Å². The predicted octanol–water partition coefficient (Wildman–Crippen LogP) is 3.16. The number of hydrogen-bond donors (Lipinski definition) is 2. The molecular weight excluding hydrogens is 376 g/mol. The topological polar surface area (TPSA) is 97.7 Å². The van der Waals surface area contributed by atoms with Gasteiger partial charge in [-0.3, -0.25) is 14.6 Å². The van der Waals surface area contributed by atoms with Crippen molar-refractivity contribution in [2.24, 2.45) is 7.05 Å². The van der Waals surface area contributed by atoms with E-state index in [1.807, 2.05) is 59.0 Å². The molecule has 3 rings (SSSR count). The molecule has 0 saturated heterocycles. The van der Waals surface area contributed by atoms with Crippen LogP contribution in [0.25, 0.3) is 0 Å². The van der Waals surface area contributed by atoms with E-state index in [2.05, 4.69) is 25.6 Å². The molecule has 0 spiro atoms. The Morgan fingerprint density at radius 1 is 1.32 bits per heavy atom. The maximum atomic E-state index is 12.5. The Labute approximate surface area is 168 Å². The Morgan fingerprint density at radius 3 is 2.75 bits per heavy atom. The van der Waals surface area contributed by atoms with Gasteiger partial charge >= 0.3 is 0 Å². The number of anilines is 1. The summed E-state index contributed by atoms with van der Waals surface area (Å²) in [5, 5.41) is 14.4. The lowest BCUT2D eigenvalue weighted by atomic mass is 10.2. The number of benzene rings is 1. The van der Waals surface area contributed by atoms with Crippen LogP contribution in [-0.4, -0.2) is 36.1 Å². The number of ether oxygens (including phenoxy) is 1. The number of para-hydroxylation sites is 1. The number of aromatic nitrogens is 5. The zero-order valence-electron chi connectivity index (χ0n) is 16.6. The van der Waals surface area contributed by atoms with Crippen molar-refractivity contribution < 1.29 is 9.53 Å². The molecule has 1 atom stereocenters. The molecule has 0 radical (unpaired) electrons. The fourth-order valence-electron chi connectivity index (χ4n) is 2.65. The van der Waals surface area contributed by atoms with Gasteiger partial charge in [0, 0.05) is 7.05 Å². The molecule has 1 aromatic carbocycles. The first-order chi connectivity index (χ1) is 13.3. The quantitative estimate of drug-likeness (QED) is 0.591. The Hall–Kier alpha value is -2.81. The third-order valence-corrected chi connectivity index (χ3v) is 5.34. The van der Waals surface area contributed by atoms with Gasteiger partial charge in [-0.2, -0.15) is 5.10 Å². The zero-order valence-corrected chi connectivity index (χ0v) is 17.4. The maximum Gasteiger partial charge on any atom is 0.237 e. The van der Waals surface area contributed by atoms with Crippen molar-refractivity contribution >= 4 is 23.4 Å². The molecule has 0 saturated carbocycles. The highest BCUT2D eigenvalue weighted by atomic mass is 32.2. The Balaban J connectivity index is 1.56. The van der Waals surface area contributed by atoms with Crippen LogP contribution in [0.3, 0.4) is 0 Å². The first kappa shape index (κ1) is 19.9. The summed E-state index contributed by atoms with van der Waals surface area (Å²) in [4.78, 5) is 16.9. The molecular formula is C19H24N6O2S. The number of H-pyrrole nitrogens is 1. The molecule has 1 amide bonds. The van der Waals surface area contributed by atoms with Crippen molar-refractivity contribution in [3.63, 3.8) is 0 Å². The minimum Gasteiger partial charge on any atom is -0.485 e. The average Bonchev–Trinajstić information content (AvgIpc) is 3.20. The van der Waals surface area contributed by atoms with Gasteiger partial charge in [0.2, 0.25) is 11.1 Å². The summed E-state index contributed by atoms with van der Waals surface area (Å²) in [6.45, 7) is 7.89. The zero-order chi connectivity index (χ0) is 20.3. The molecule has 148 valence electrons. The lowest BCUT2D eigenvalue weighted by molar-refractivity contribution is -0.115. The second-order valence-corrected chi connectivity index (χ2v) is 7.85. The largest absolute Gasteiger partial charge is 0.485 e. The van der Waals surface area contributed by atoms with Gasteiger partial charge in [-0.1, -0.05) is 30.0 Å². The van der Waals surface area contributed by atoms with Gasteiger partial charge in [-0.15, -0.1) is 5.10 Å². The van der Waals surface area contributed by atoms with E-state index >= 15 is 0 Å². The van der Waals surface area contributed by atoms with E-state index in [0.29, 0.717) is 11.0 Å². The van der Waals surface area contributed by atoms with Gasteiger partial charge < -0.3 is 10.1 Å². The summed E-state index contributed by atoms with van der Waals surface area (Å²) in [5.74, 6) is 1.30. The molecule has 28 heavy (non-hydrogen) atoms. The van der Waals surface area contributed by atoms with Crippen LogP contribution in [0.2, 0.25) is 0 Å². The van der Waals surface area contributed by atoms with E-state index in [4.69, 9.17) is 4.74 Å². The van der Waals surface area contributed by atoms with E-state index in [1.165, 1.54) is 11.8 Å². The second-order valence-electron chi connectivity index (χ2n) is 6.54. The van der Waals surface area contributed by atoms with Gasteiger partial charge in [-0.05, 0) is 39.3 Å². The summed E-state index contributed by atoms with van der Waals surface area (Å²) in [7, 11) is 1.85. The lowest BCUT2D eigenvalue weighted by Crippen LogP contribution is -2.23. The number of carbonyl (C=O) groups is 1. The molecule has 0 aliphatic rings. The molecule has 0 aliphatic heterocycles. The summed E-state index contributed by atoms with van der Waals surface area (Å²) in [6.07, 6.45) is 0. The van der Waals surface area contributed by atoms with Crippen molar-refractivity contribution in [1.29, 1.82) is 0 Å². The van der Waals surface area contributed by atoms with Crippen molar-refractivity contribution in [2.75, 3.05) is 5.32 Å². The fourth-order valence-corrected chi connectivity index (χ4v) is 3.39. The minimum atomic E-state index is -0.361. The van der Waals surface area contributed by atoms with Crippen LogP contribution >= 0.6 is 11.8 Å². The number of carbonyl (C=O) groups excluding carboxylic acids is 1. The molecule has 2 N–H and O–H groups in total. The van der Waals surface area contributed by atoms with Crippen LogP contribution in [0.4, 0.5) is 5.69 Å². The standard InChI is InChI=1S/C19H24N6O2S/c1-11-8-6-7-9-15(11)27-10-16-20-19(23-22-16)28-14(4)18(26)21-17-12(2)24-25(5)13(17)3/h6-9,14H,10H2,1-5H3,(H,21,26)(H,20,22,23)/t14-/m0/s1. The van der Waals surface area contributed by atoms with Crippen molar-refractivity contribution in [1.82, 2.24) is 25.0 Å². The molecule has 3 aromatic rings. The van der Waals surface area contributed by atoms with E-state index in [9.17, 15) is 4.79 Å². The number of rotatable bonds is 7. The first-order valence-electron chi connectivity index (χ1n) is 8.92. The van der Waals surface area contributed by atoms with Crippen LogP contribution in [0, 0.1) is 20.8 Å². The van der Waals surface area contributed by atoms with E-state index in [0.717, 1.165) is 28.4 Å². The number of nitrogens with one attached hydrogen (secondary N) is 2. The first-order valence-corrected chi connectivity index (χ1v) is 9.80. The normalized spacial score (nSPS) is 12.0. The Kier molecular flexibility index (Phi) is 6.03. The van der Waals surface area contributed by atoms with Crippen LogP contribution in [0.15, 0.2) is 29.4 Å². The molecule has 0 aliphatic carbocycles. The molecule has 2 heterocycles. The number of thioether (sulfide) groups is 1. The van der Waals surface area contributed by atoms with E-state index in [-0.39, 0.29) is 17.8 Å². The van der Waals surface area contributed by atoms with Gasteiger partial charge in [-0.25, -0.2) is 4.98 Å². The summed E-state index contributed by atoms with van der Waals surface area (Å²) in [6, 6.07) is 7.79. The molecule has 9 heteroatoms. The third kappa shape index (κ3) is 4.53. The minimum absolute atomic E-state index is 0.119. The fraction of sp³-hybridized carbons (Fsp3) is 0.368. The SMILES string of the molecule is Cc1ccccc1OCc1nc(S[C@@H](C)C(=O)Nc2c(C)nn(C)c2C)n[nH]1. The molecule has 0 unspecified atom stereocenters. The average molecular weight is 401 g/mol. The van der Waals surface area contributed by atoms with Gasteiger partial charge in [0.1, 0.15) is 12.4 Å². The molecule has 2 aromatic heterocycles. The van der Waals surface area contributed by atoms with Gasteiger partial charge in [0.05, 0.1) is 22.3 Å². The smallest absolute Gasteiger partial charge is 0.237 e.